The Labute approximate surface area is 67.3 Å². The topological polar surface area (TPSA) is 65.7 Å². The molecular formula is C4H5IN2O2. The highest BCUT2D eigenvalue weighted by molar-refractivity contribution is 14.0. The molecule has 0 aliphatic heterocycles. The van der Waals surface area contributed by atoms with E-state index in [0.717, 1.165) is 0 Å². The Bertz CT molecular complexity index is 251. The van der Waals surface area contributed by atoms with Gasteiger partial charge in [-0.25, -0.2) is 4.79 Å². The second-order valence-corrected chi connectivity index (χ2v) is 1.30. The molecule has 0 amide bonds. The quantitative estimate of drug-likeness (QED) is 0.610. The number of halogens is 1. The minimum Gasteiger partial charge on any atom is -0.314 e. The summed E-state index contributed by atoms with van der Waals surface area (Å²) in [5.41, 5.74) is -0.855. The molecular weight excluding hydrogens is 235 g/mol. The highest BCUT2D eigenvalue weighted by Gasteiger charge is 1.77. The molecule has 1 rings (SSSR count). The van der Waals surface area contributed by atoms with Crippen LogP contribution in [-0.2, 0) is 0 Å². The largest absolute Gasteiger partial charge is 0.325 e. The normalized spacial score (nSPS) is 8.00. The Morgan fingerprint density at radius 3 is 2.33 bits per heavy atom. The summed E-state index contributed by atoms with van der Waals surface area (Å²) < 4.78 is 0. The van der Waals surface area contributed by atoms with Crippen molar-refractivity contribution in [2.45, 2.75) is 0 Å². The van der Waals surface area contributed by atoms with Crippen LogP contribution in [0.4, 0.5) is 0 Å². The van der Waals surface area contributed by atoms with E-state index in [-0.39, 0.29) is 29.5 Å². The molecule has 2 N–H and O–H groups in total. The lowest BCUT2D eigenvalue weighted by Crippen LogP contribution is -2.19. The van der Waals surface area contributed by atoms with Gasteiger partial charge in [-0.05, 0) is 0 Å². The van der Waals surface area contributed by atoms with Crippen molar-refractivity contribution in [2.24, 2.45) is 0 Å². The standard InChI is InChI=1S/C4H4N2O2.HI/c7-3-1-2-5-4(8)6-3;/h1-2H,(H2,5,6,7,8);1H. The summed E-state index contributed by atoms with van der Waals surface area (Å²) in [7, 11) is 0. The summed E-state index contributed by atoms with van der Waals surface area (Å²) in [6.07, 6.45) is 1.29. The molecule has 0 spiro atoms. The van der Waals surface area contributed by atoms with Crippen molar-refractivity contribution >= 4 is 24.0 Å². The molecule has 1 aromatic rings. The first-order valence-electron chi connectivity index (χ1n) is 2.07. The van der Waals surface area contributed by atoms with Gasteiger partial charge in [-0.15, -0.1) is 24.0 Å². The molecule has 0 radical (unpaired) electrons. The zero-order valence-corrected chi connectivity index (χ0v) is 6.71. The van der Waals surface area contributed by atoms with Crippen molar-refractivity contribution in [3.05, 3.63) is 33.1 Å². The average Bonchev–Trinajstić information content (AvgIpc) is 1.64. The molecule has 5 heteroatoms. The molecule has 1 heterocycles. The zero-order chi connectivity index (χ0) is 5.98. The molecule has 0 saturated heterocycles. The van der Waals surface area contributed by atoms with Crippen LogP contribution in [0, 0.1) is 0 Å². The Morgan fingerprint density at radius 2 is 2.00 bits per heavy atom. The summed E-state index contributed by atoms with van der Waals surface area (Å²) >= 11 is 0. The second-order valence-electron chi connectivity index (χ2n) is 1.30. The number of hydrogen-bond acceptors (Lipinski definition) is 2. The van der Waals surface area contributed by atoms with E-state index in [9.17, 15) is 9.59 Å². The lowest BCUT2D eigenvalue weighted by atomic mass is 10.7. The summed E-state index contributed by atoms with van der Waals surface area (Å²) in [4.78, 5) is 24.7. The maximum atomic E-state index is 10.2. The Kier molecular flexibility index (Phi) is 3.21. The van der Waals surface area contributed by atoms with Crippen LogP contribution in [0.5, 0.6) is 0 Å². The number of H-pyrrole nitrogens is 2. The predicted molar refractivity (Wildman–Crippen MR) is 43.1 cm³/mol. The molecule has 0 aromatic carbocycles. The van der Waals surface area contributed by atoms with Gasteiger partial charge in [0.2, 0.25) is 0 Å². The number of rotatable bonds is 0. The summed E-state index contributed by atoms with van der Waals surface area (Å²) in [5, 5.41) is 0. The maximum absolute atomic E-state index is 10.2. The van der Waals surface area contributed by atoms with E-state index in [2.05, 4.69) is 4.98 Å². The Morgan fingerprint density at radius 1 is 1.33 bits per heavy atom. The first kappa shape index (κ1) is 8.41. The number of aromatic nitrogens is 2. The van der Waals surface area contributed by atoms with Crippen molar-refractivity contribution in [3.8, 4) is 0 Å². The smallest absolute Gasteiger partial charge is 0.314 e. The summed E-state index contributed by atoms with van der Waals surface area (Å²) in [6.45, 7) is 0. The number of hydrogen-bond donors (Lipinski definition) is 2. The van der Waals surface area contributed by atoms with Crippen molar-refractivity contribution in [2.75, 3.05) is 0 Å². The Balaban J connectivity index is 0.000000640. The number of aromatic amines is 2. The van der Waals surface area contributed by atoms with E-state index in [1.54, 1.807) is 0 Å². The second kappa shape index (κ2) is 3.44. The molecule has 0 saturated carbocycles. The first-order valence-corrected chi connectivity index (χ1v) is 2.07. The summed E-state index contributed by atoms with van der Waals surface area (Å²) in [6, 6.07) is 1.24. The minimum atomic E-state index is -0.475. The average molecular weight is 240 g/mol. The van der Waals surface area contributed by atoms with Gasteiger partial charge >= 0.3 is 5.69 Å². The monoisotopic (exact) mass is 240 g/mol. The van der Waals surface area contributed by atoms with E-state index >= 15 is 0 Å². The van der Waals surface area contributed by atoms with E-state index < -0.39 is 5.69 Å². The molecule has 0 aliphatic carbocycles. The Hall–Kier alpha value is -0.590. The fraction of sp³-hybridized carbons (Fsp3) is 0. The molecule has 0 unspecified atom stereocenters. The lowest BCUT2D eigenvalue weighted by Gasteiger charge is -1.75. The van der Waals surface area contributed by atoms with Crippen LogP contribution in [0.2, 0.25) is 0 Å². The van der Waals surface area contributed by atoms with E-state index in [1.165, 1.54) is 12.3 Å². The van der Waals surface area contributed by atoms with Gasteiger partial charge in [0.15, 0.2) is 0 Å². The molecule has 1 aromatic heterocycles. The molecule has 0 atom stereocenters. The van der Waals surface area contributed by atoms with Gasteiger partial charge in [-0.2, -0.15) is 0 Å². The predicted octanol–water partition coefficient (Wildman–Crippen LogP) is -0.319. The van der Waals surface area contributed by atoms with Crippen LogP contribution in [0.15, 0.2) is 21.9 Å². The SMILES string of the molecule is I.O=c1cc[nH]c(=O)[nH]1. The van der Waals surface area contributed by atoms with Gasteiger partial charge in [-0.3, -0.25) is 9.78 Å². The third-order valence-electron chi connectivity index (χ3n) is 0.686. The van der Waals surface area contributed by atoms with Crippen molar-refractivity contribution in [1.29, 1.82) is 0 Å². The molecule has 0 bridgehead atoms. The van der Waals surface area contributed by atoms with Crippen molar-refractivity contribution < 1.29 is 0 Å². The maximum Gasteiger partial charge on any atom is 0.325 e. The third kappa shape index (κ3) is 2.45. The lowest BCUT2D eigenvalue weighted by molar-refractivity contribution is 1.04. The van der Waals surface area contributed by atoms with Crippen molar-refractivity contribution in [1.82, 2.24) is 9.97 Å². The van der Waals surface area contributed by atoms with Gasteiger partial charge < -0.3 is 4.98 Å². The van der Waals surface area contributed by atoms with Gasteiger partial charge in [0.25, 0.3) is 5.56 Å². The highest BCUT2D eigenvalue weighted by Crippen LogP contribution is 1.51. The molecule has 50 valence electrons. The van der Waals surface area contributed by atoms with Crippen LogP contribution in [-0.4, -0.2) is 9.97 Å². The highest BCUT2D eigenvalue weighted by atomic mass is 127. The molecule has 0 aliphatic rings. The zero-order valence-electron chi connectivity index (χ0n) is 4.38. The van der Waals surface area contributed by atoms with Crippen LogP contribution in [0.25, 0.3) is 0 Å². The summed E-state index contributed by atoms with van der Waals surface area (Å²) in [5.74, 6) is 0. The molecule has 4 nitrogen and oxygen atoms in total. The molecule has 0 fully saturated rings. The fourth-order valence-corrected chi connectivity index (χ4v) is 0.383. The minimum absolute atomic E-state index is 0. The first-order chi connectivity index (χ1) is 3.79. The van der Waals surface area contributed by atoms with Gasteiger partial charge in [0.05, 0.1) is 0 Å². The van der Waals surface area contributed by atoms with Gasteiger partial charge in [-0.1, -0.05) is 0 Å². The number of nitrogens with one attached hydrogen (secondary N) is 2. The fourth-order valence-electron chi connectivity index (χ4n) is 0.383. The van der Waals surface area contributed by atoms with E-state index in [4.69, 9.17) is 0 Å². The van der Waals surface area contributed by atoms with Gasteiger partial charge in [0.1, 0.15) is 0 Å². The molecule has 9 heavy (non-hydrogen) atoms. The van der Waals surface area contributed by atoms with Crippen molar-refractivity contribution in [3.63, 3.8) is 0 Å². The van der Waals surface area contributed by atoms with E-state index in [1.807, 2.05) is 4.98 Å². The van der Waals surface area contributed by atoms with E-state index in [0.29, 0.717) is 0 Å². The third-order valence-corrected chi connectivity index (χ3v) is 0.686. The van der Waals surface area contributed by atoms with Crippen LogP contribution in [0.1, 0.15) is 0 Å². The van der Waals surface area contributed by atoms with Crippen LogP contribution < -0.4 is 11.2 Å². The van der Waals surface area contributed by atoms with Crippen LogP contribution >= 0.6 is 24.0 Å². The van der Waals surface area contributed by atoms with Crippen LogP contribution in [0.3, 0.4) is 0 Å². The van der Waals surface area contributed by atoms with Gasteiger partial charge in [0, 0.05) is 12.3 Å².